The number of H-pyrrole nitrogens is 2. The lowest BCUT2D eigenvalue weighted by atomic mass is 9.92. The fourth-order valence-electron chi connectivity index (χ4n) is 6.79. The van der Waals surface area contributed by atoms with E-state index in [1.807, 2.05) is 18.7 Å². The SMILES string of the molecule is CC[C@H](C)CC(=O)N(Cc1nc2c(ccc3cc4c(cc32)OCc2cc(-c3cnc(CN(C(=O)CNC(=O)OC)[C@@H](C)CC)[nH]3)ccc2-4)[nH]1)[C@@H](C)CC. The van der Waals surface area contributed by atoms with Crippen LogP contribution in [0.5, 0.6) is 5.75 Å². The molecule has 1 aliphatic rings. The van der Waals surface area contributed by atoms with Gasteiger partial charge in [0.1, 0.15) is 30.5 Å². The molecule has 280 valence electrons. The minimum atomic E-state index is -0.648. The number of nitrogens with zero attached hydrogens (tertiary/aromatic N) is 4. The number of carbonyl (C=O) groups is 3. The highest BCUT2D eigenvalue weighted by molar-refractivity contribution is 6.07. The predicted molar refractivity (Wildman–Crippen MR) is 206 cm³/mol. The van der Waals surface area contributed by atoms with Crippen LogP contribution in [-0.4, -0.2) is 73.4 Å². The molecule has 0 bridgehead atoms. The Morgan fingerprint density at radius 3 is 2.34 bits per heavy atom. The van der Waals surface area contributed by atoms with Crippen LogP contribution in [0.1, 0.15) is 84.4 Å². The Labute approximate surface area is 310 Å². The molecule has 0 radical (unpaired) electrons. The molecule has 3 heterocycles. The second-order valence-electron chi connectivity index (χ2n) is 14.2. The maximum absolute atomic E-state index is 13.3. The van der Waals surface area contributed by atoms with Gasteiger partial charge in [-0.1, -0.05) is 52.3 Å². The summed E-state index contributed by atoms with van der Waals surface area (Å²) in [6.45, 7) is 13.4. The molecule has 0 fully saturated rings. The molecule has 1 aliphatic heterocycles. The van der Waals surface area contributed by atoms with E-state index in [1.165, 1.54) is 7.11 Å². The van der Waals surface area contributed by atoms with Gasteiger partial charge in [0.15, 0.2) is 0 Å². The lowest BCUT2D eigenvalue weighted by Crippen LogP contribution is -2.44. The highest BCUT2D eigenvalue weighted by Gasteiger charge is 2.25. The molecule has 0 saturated carbocycles. The van der Waals surface area contributed by atoms with Gasteiger partial charge in [-0.2, -0.15) is 0 Å². The van der Waals surface area contributed by atoms with E-state index in [-0.39, 0.29) is 37.0 Å². The number of hydrogen-bond donors (Lipinski definition) is 3. The number of alkyl carbamates (subject to hydrolysis) is 1. The molecule has 12 nitrogen and oxygen atoms in total. The van der Waals surface area contributed by atoms with Gasteiger partial charge in [0.05, 0.1) is 43.1 Å². The molecule has 3 aromatic carbocycles. The Morgan fingerprint density at radius 2 is 1.62 bits per heavy atom. The number of hydrogen-bond acceptors (Lipinski definition) is 7. The van der Waals surface area contributed by atoms with E-state index in [9.17, 15) is 14.4 Å². The van der Waals surface area contributed by atoms with Crippen LogP contribution in [0.2, 0.25) is 0 Å². The highest BCUT2D eigenvalue weighted by Crippen LogP contribution is 2.42. The first kappa shape index (κ1) is 37.4. The van der Waals surface area contributed by atoms with Crippen LogP contribution in [0.3, 0.4) is 0 Å². The van der Waals surface area contributed by atoms with Crippen LogP contribution in [-0.2, 0) is 34.0 Å². The van der Waals surface area contributed by atoms with E-state index >= 15 is 0 Å². The molecule has 0 saturated heterocycles. The molecule has 0 unspecified atom stereocenters. The second-order valence-corrected chi connectivity index (χ2v) is 14.2. The Kier molecular flexibility index (Phi) is 11.4. The van der Waals surface area contributed by atoms with E-state index in [0.29, 0.717) is 31.3 Å². The topological polar surface area (TPSA) is 146 Å². The maximum atomic E-state index is 13.3. The lowest BCUT2D eigenvalue weighted by molar-refractivity contribution is -0.135. The van der Waals surface area contributed by atoms with Crippen LogP contribution >= 0.6 is 0 Å². The summed E-state index contributed by atoms with van der Waals surface area (Å²) < 4.78 is 11.0. The molecule has 12 heteroatoms. The molecule has 5 aromatic rings. The number of amides is 3. The maximum Gasteiger partial charge on any atom is 0.407 e. The zero-order chi connectivity index (χ0) is 37.8. The third-order valence-corrected chi connectivity index (χ3v) is 10.7. The van der Waals surface area contributed by atoms with Crippen molar-refractivity contribution in [2.24, 2.45) is 5.92 Å². The smallest absolute Gasteiger partial charge is 0.407 e. The molecule has 3 atom stereocenters. The van der Waals surface area contributed by atoms with Gasteiger partial charge in [-0.3, -0.25) is 9.59 Å². The summed E-state index contributed by atoms with van der Waals surface area (Å²) in [4.78, 5) is 57.9. The van der Waals surface area contributed by atoms with Crippen LogP contribution < -0.4 is 10.1 Å². The van der Waals surface area contributed by atoms with E-state index < -0.39 is 6.09 Å². The summed E-state index contributed by atoms with van der Waals surface area (Å²) in [6, 6.07) is 14.8. The molecule has 53 heavy (non-hydrogen) atoms. The number of carbonyl (C=O) groups excluding carboxylic acids is 3. The normalized spacial score (nSPS) is 13.8. The van der Waals surface area contributed by atoms with Gasteiger partial charge in [-0.15, -0.1) is 0 Å². The van der Waals surface area contributed by atoms with Crippen molar-refractivity contribution in [1.82, 2.24) is 35.1 Å². The Bertz CT molecular complexity index is 2120. The summed E-state index contributed by atoms with van der Waals surface area (Å²) in [7, 11) is 1.27. The number of nitrogens with one attached hydrogen (secondary N) is 3. The number of benzene rings is 3. The van der Waals surface area contributed by atoms with Crippen LogP contribution in [0.4, 0.5) is 4.79 Å². The predicted octanol–water partition coefficient (Wildman–Crippen LogP) is 7.71. The highest BCUT2D eigenvalue weighted by atomic mass is 16.5. The fourth-order valence-corrected chi connectivity index (χ4v) is 6.79. The number of methoxy groups -OCH3 is 1. The Balaban J connectivity index is 1.23. The molecule has 6 rings (SSSR count). The monoisotopic (exact) mass is 721 g/mol. The van der Waals surface area contributed by atoms with E-state index in [2.05, 4.69) is 95.2 Å². The quantitative estimate of drug-likeness (QED) is 0.107. The third-order valence-electron chi connectivity index (χ3n) is 10.7. The lowest BCUT2D eigenvalue weighted by Gasteiger charge is -2.29. The van der Waals surface area contributed by atoms with Crippen molar-refractivity contribution in [2.45, 2.75) is 99.0 Å². The first-order valence-electron chi connectivity index (χ1n) is 18.7. The van der Waals surface area contributed by atoms with Crippen molar-refractivity contribution < 1.29 is 23.9 Å². The minimum absolute atomic E-state index is 0.0475. The summed E-state index contributed by atoms with van der Waals surface area (Å²) in [5.74, 6) is 2.52. The van der Waals surface area contributed by atoms with E-state index in [1.54, 1.807) is 11.1 Å². The number of fused-ring (bicyclic) bond motifs is 6. The van der Waals surface area contributed by atoms with Crippen molar-refractivity contribution in [1.29, 1.82) is 0 Å². The molecule has 3 N–H and O–H groups in total. The Hall–Kier alpha value is -5.39. The van der Waals surface area contributed by atoms with Crippen molar-refractivity contribution in [3.63, 3.8) is 0 Å². The first-order chi connectivity index (χ1) is 25.5. The van der Waals surface area contributed by atoms with Gasteiger partial charge in [0.25, 0.3) is 0 Å². The number of rotatable bonds is 14. The number of aromatic nitrogens is 4. The molecular formula is C41H51N7O5. The average Bonchev–Trinajstić information content (AvgIpc) is 3.83. The van der Waals surface area contributed by atoms with Crippen molar-refractivity contribution >= 4 is 39.7 Å². The van der Waals surface area contributed by atoms with Gasteiger partial charge in [-0.25, -0.2) is 14.8 Å². The minimum Gasteiger partial charge on any atom is -0.488 e. The summed E-state index contributed by atoms with van der Waals surface area (Å²) >= 11 is 0. The number of aromatic amines is 2. The number of imidazole rings is 2. The van der Waals surface area contributed by atoms with E-state index in [4.69, 9.17) is 9.72 Å². The molecule has 0 spiro atoms. The van der Waals surface area contributed by atoms with Gasteiger partial charge in [-0.05, 0) is 78.9 Å². The standard InChI is InChI=1S/C41H51N7O5/c1-8-24(4)15-38(49)47(25(5)9-2)22-37-44-33-14-12-27-17-32-30-13-11-28(16-29(30)23-53-35(32)18-31(27)40(33)46-37)34-19-42-36(45-34)21-48(26(6)10-3)39(50)20-43-41(51)52-7/h11-14,16-19,24-26H,8-10,15,20-23H2,1-7H3,(H,42,45)(H,43,51)(H,44,46)/t24-,25-,26-/m0/s1. The van der Waals surface area contributed by atoms with Gasteiger partial charge >= 0.3 is 6.09 Å². The Morgan fingerprint density at radius 1 is 0.887 bits per heavy atom. The zero-order valence-electron chi connectivity index (χ0n) is 31.8. The van der Waals surface area contributed by atoms with E-state index in [0.717, 1.165) is 80.6 Å². The summed E-state index contributed by atoms with van der Waals surface area (Å²) in [5, 5.41) is 4.53. The van der Waals surface area contributed by atoms with Crippen LogP contribution in [0.25, 0.3) is 44.2 Å². The van der Waals surface area contributed by atoms with Gasteiger partial charge in [0.2, 0.25) is 11.8 Å². The molecular weight excluding hydrogens is 670 g/mol. The fraction of sp³-hybridized carbons (Fsp3) is 0.439. The van der Waals surface area contributed by atoms with Crippen molar-refractivity contribution in [3.05, 3.63) is 65.9 Å². The second kappa shape index (κ2) is 16.1. The van der Waals surface area contributed by atoms with Gasteiger partial charge in [0, 0.05) is 29.5 Å². The molecule has 2 aromatic heterocycles. The average molecular weight is 722 g/mol. The van der Waals surface area contributed by atoms with Crippen molar-refractivity contribution in [3.8, 4) is 28.1 Å². The van der Waals surface area contributed by atoms with Crippen LogP contribution in [0.15, 0.2) is 48.7 Å². The van der Waals surface area contributed by atoms with Crippen molar-refractivity contribution in [2.75, 3.05) is 13.7 Å². The summed E-state index contributed by atoms with van der Waals surface area (Å²) in [5.41, 5.74) is 6.78. The summed E-state index contributed by atoms with van der Waals surface area (Å²) in [6.07, 6.45) is 4.28. The van der Waals surface area contributed by atoms with Gasteiger partial charge < -0.3 is 34.6 Å². The largest absolute Gasteiger partial charge is 0.488 e. The molecule has 3 amide bonds. The zero-order valence-corrected chi connectivity index (χ0v) is 31.8. The number of ether oxygens (including phenoxy) is 2. The first-order valence-corrected chi connectivity index (χ1v) is 18.7. The molecule has 0 aliphatic carbocycles. The third kappa shape index (κ3) is 8.01. The van der Waals surface area contributed by atoms with Crippen LogP contribution in [0, 0.1) is 5.92 Å².